The van der Waals surface area contributed by atoms with Gasteiger partial charge in [-0.15, -0.1) is 0 Å². The number of hydrogen-bond acceptors (Lipinski definition) is 3. The number of carbonyl (C=O) groups is 1. The highest BCUT2D eigenvalue weighted by molar-refractivity contribution is 5.78. The Balaban J connectivity index is 2.30. The second-order valence-corrected chi connectivity index (χ2v) is 5.96. The van der Waals surface area contributed by atoms with Crippen LogP contribution in [0.5, 0.6) is 0 Å². The van der Waals surface area contributed by atoms with Crippen molar-refractivity contribution in [1.82, 2.24) is 10.2 Å². The molecule has 0 aromatic carbocycles. The van der Waals surface area contributed by atoms with Gasteiger partial charge in [0.1, 0.15) is 5.54 Å². The molecule has 1 fully saturated rings. The summed E-state index contributed by atoms with van der Waals surface area (Å²) >= 11 is 0. The zero-order valence-electron chi connectivity index (χ0n) is 12.7. The van der Waals surface area contributed by atoms with Gasteiger partial charge in [0.15, 0.2) is 0 Å². The highest BCUT2D eigenvalue weighted by atomic mass is 16.4. The van der Waals surface area contributed by atoms with Crippen molar-refractivity contribution in [3.63, 3.8) is 0 Å². The van der Waals surface area contributed by atoms with Crippen LogP contribution in [0.3, 0.4) is 0 Å². The summed E-state index contributed by atoms with van der Waals surface area (Å²) in [5.41, 5.74) is -0.773. The molecule has 0 radical (unpaired) electrons. The summed E-state index contributed by atoms with van der Waals surface area (Å²) in [5, 5.41) is 12.4. The number of aliphatic carboxylic acids is 1. The maximum absolute atomic E-state index is 11.3. The first-order valence-electron chi connectivity index (χ1n) is 7.72. The number of hydrogen-bond donors (Lipinski definition) is 2. The Bertz CT molecular complexity index is 279. The molecular weight excluding hydrogens is 240 g/mol. The fourth-order valence-corrected chi connectivity index (χ4v) is 2.74. The van der Waals surface area contributed by atoms with Crippen molar-refractivity contribution in [3.05, 3.63) is 0 Å². The molecule has 1 saturated carbocycles. The third-order valence-corrected chi connectivity index (χ3v) is 4.38. The molecule has 0 amide bonds. The van der Waals surface area contributed by atoms with E-state index < -0.39 is 11.5 Å². The Morgan fingerprint density at radius 1 is 1.42 bits per heavy atom. The van der Waals surface area contributed by atoms with Crippen molar-refractivity contribution < 1.29 is 9.90 Å². The smallest absolute Gasteiger partial charge is 0.323 e. The Kier molecular flexibility index (Phi) is 6.80. The number of carboxylic acid groups (broad SMARTS) is 1. The average molecular weight is 270 g/mol. The summed E-state index contributed by atoms with van der Waals surface area (Å²) in [6, 6.07) is 0. The predicted molar refractivity (Wildman–Crippen MR) is 78.4 cm³/mol. The fraction of sp³-hybridized carbons (Fsp3) is 0.933. The van der Waals surface area contributed by atoms with Gasteiger partial charge in [-0.3, -0.25) is 4.79 Å². The highest BCUT2D eigenvalue weighted by Gasteiger charge is 2.31. The molecule has 1 unspecified atom stereocenters. The molecule has 0 saturated heterocycles. The third-order valence-electron chi connectivity index (χ3n) is 4.38. The van der Waals surface area contributed by atoms with Crippen LogP contribution in [-0.2, 0) is 4.79 Å². The lowest BCUT2D eigenvalue weighted by atomic mass is 9.85. The standard InChI is InChI=1S/C15H30N2O2/c1-4-16-15(3,14(18)19)10-7-11-17(5-2)12-13-8-6-9-13/h13,16H,4-12H2,1-3H3,(H,18,19). The largest absolute Gasteiger partial charge is 0.480 e. The van der Waals surface area contributed by atoms with Gasteiger partial charge in [0.25, 0.3) is 0 Å². The quantitative estimate of drug-likeness (QED) is 0.640. The van der Waals surface area contributed by atoms with E-state index in [2.05, 4.69) is 17.1 Å². The lowest BCUT2D eigenvalue weighted by Gasteiger charge is -2.32. The Labute approximate surface area is 117 Å². The molecule has 0 aliphatic heterocycles. The zero-order valence-corrected chi connectivity index (χ0v) is 12.7. The molecule has 112 valence electrons. The van der Waals surface area contributed by atoms with Crippen LogP contribution in [0.4, 0.5) is 0 Å². The second kappa shape index (κ2) is 7.85. The Hall–Kier alpha value is -0.610. The molecule has 0 spiro atoms. The molecule has 0 aromatic heterocycles. The van der Waals surface area contributed by atoms with Crippen molar-refractivity contribution in [2.45, 2.75) is 58.4 Å². The number of nitrogens with zero attached hydrogens (tertiary/aromatic N) is 1. The topological polar surface area (TPSA) is 52.6 Å². The van der Waals surface area contributed by atoms with Crippen molar-refractivity contribution in [2.75, 3.05) is 26.2 Å². The van der Waals surface area contributed by atoms with Gasteiger partial charge < -0.3 is 15.3 Å². The molecular formula is C15H30N2O2. The number of rotatable bonds is 10. The van der Waals surface area contributed by atoms with Gasteiger partial charge in [0.2, 0.25) is 0 Å². The van der Waals surface area contributed by atoms with Gasteiger partial charge in [-0.05, 0) is 58.2 Å². The van der Waals surface area contributed by atoms with E-state index in [0.29, 0.717) is 13.0 Å². The maximum Gasteiger partial charge on any atom is 0.323 e. The molecule has 4 heteroatoms. The van der Waals surface area contributed by atoms with Gasteiger partial charge in [0.05, 0.1) is 0 Å². The number of likely N-dealkylation sites (N-methyl/N-ethyl adjacent to an activating group) is 1. The molecule has 1 atom stereocenters. The first kappa shape index (κ1) is 16.4. The van der Waals surface area contributed by atoms with Crippen LogP contribution >= 0.6 is 0 Å². The maximum atomic E-state index is 11.3. The third kappa shape index (κ3) is 5.11. The van der Waals surface area contributed by atoms with E-state index in [0.717, 1.165) is 25.4 Å². The predicted octanol–water partition coefficient (Wildman–Crippen LogP) is 2.34. The van der Waals surface area contributed by atoms with Gasteiger partial charge in [-0.2, -0.15) is 0 Å². The molecule has 1 aliphatic rings. The summed E-state index contributed by atoms with van der Waals surface area (Å²) in [6.07, 6.45) is 5.77. The zero-order chi connectivity index (χ0) is 14.3. The number of nitrogens with one attached hydrogen (secondary N) is 1. The van der Waals surface area contributed by atoms with E-state index in [4.69, 9.17) is 0 Å². The molecule has 0 aromatic rings. The molecule has 0 heterocycles. The summed E-state index contributed by atoms with van der Waals surface area (Å²) in [4.78, 5) is 13.8. The van der Waals surface area contributed by atoms with Crippen LogP contribution in [0, 0.1) is 5.92 Å². The molecule has 1 aliphatic carbocycles. The van der Waals surface area contributed by atoms with Gasteiger partial charge >= 0.3 is 5.97 Å². The van der Waals surface area contributed by atoms with E-state index in [-0.39, 0.29) is 0 Å². The van der Waals surface area contributed by atoms with Crippen LogP contribution in [-0.4, -0.2) is 47.7 Å². The molecule has 4 nitrogen and oxygen atoms in total. The van der Waals surface area contributed by atoms with Crippen molar-refractivity contribution >= 4 is 5.97 Å². The molecule has 19 heavy (non-hydrogen) atoms. The van der Waals surface area contributed by atoms with Crippen molar-refractivity contribution in [1.29, 1.82) is 0 Å². The Morgan fingerprint density at radius 2 is 2.11 bits per heavy atom. The van der Waals surface area contributed by atoms with E-state index >= 15 is 0 Å². The van der Waals surface area contributed by atoms with Crippen LogP contribution < -0.4 is 5.32 Å². The first-order chi connectivity index (χ1) is 9.01. The lowest BCUT2D eigenvalue weighted by Crippen LogP contribution is -2.49. The van der Waals surface area contributed by atoms with E-state index in [1.54, 1.807) is 6.92 Å². The summed E-state index contributed by atoms with van der Waals surface area (Å²) in [7, 11) is 0. The average Bonchev–Trinajstić information content (AvgIpc) is 2.31. The summed E-state index contributed by atoms with van der Waals surface area (Å²) in [5.74, 6) is 0.149. The summed E-state index contributed by atoms with van der Waals surface area (Å²) in [6.45, 7) is 9.92. The monoisotopic (exact) mass is 270 g/mol. The van der Waals surface area contributed by atoms with Gasteiger partial charge in [-0.25, -0.2) is 0 Å². The van der Waals surface area contributed by atoms with Crippen molar-refractivity contribution in [2.24, 2.45) is 5.92 Å². The normalized spacial score (nSPS) is 19.2. The van der Waals surface area contributed by atoms with Crippen LogP contribution in [0.2, 0.25) is 0 Å². The van der Waals surface area contributed by atoms with Gasteiger partial charge in [0, 0.05) is 6.54 Å². The molecule has 2 N–H and O–H groups in total. The van der Waals surface area contributed by atoms with E-state index in [1.165, 1.54) is 25.8 Å². The van der Waals surface area contributed by atoms with Crippen LogP contribution in [0.15, 0.2) is 0 Å². The summed E-state index contributed by atoms with van der Waals surface area (Å²) < 4.78 is 0. The van der Waals surface area contributed by atoms with E-state index in [9.17, 15) is 9.90 Å². The lowest BCUT2D eigenvalue weighted by molar-refractivity contribution is -0.144. The first-order valence-corrected chi connectivity index (χ1v) is 7.72. The Morgan fingerprint density at radius 3 is 2.53 bits per heavy atom. The van der Waals surface area contributed by atoms with E-state index in [1.807, 2.05) is 6.92 Å². The molecule has 0 bridgehead atoms. The van der Waals surface area contributed by atoms with Crippen molar-refractivity contribution in [3.8, 4) is 0 Å². The minimum atomic E-state index is -0.773. The van der Waals surface area contributed by atoms with Gasteiger partial charge in [-0.1, -0.05) is 20.3 Å². The second-order valence-electron chi connectivity index (χ2n) is 5.96. The fourth-order valence-electron chi connectivity index (χ4n) is 2.74. The highest BCUT2D eigenvalue weighted by Crippen LogP contribution is 2.27. The van der Waals surface area contributed by atoms with Crippen LogP contribution in [0.25, 0.3) is 0 Å². The SMILES string of the molecule is CCNC(C)(CCCN(CC)CC1CCC1)C(=O)O. The molecule has 1 rings (SSSR count). The minimum absolute atomic E-state index is 0.692. The van der Waals surface area contributed by atoms with Crippen LogP contribution in [0.1, 0.15) is 52.9 Å². The number of carboxylic acids is 1. The minimum Gasteiger partial charge on any atom is -0.480 e.